The van der Waals surface area contributed by atoms with E-state index in [1.54, 1.807) is 13.8 Å². The van der Waals surface area contributed by atoms with Crippen LogP contribution in [0.5, 0.6) is 0 Å². The van der Waals surface area contributed by atoms with Crippen molar-refractivity contribution < 1.29 is 19.1 Å². The van der Waals surface area contributed by atoms with Crippen molar-refractivity contribution in [1.29, 1.82) is 0 Å². The van der Waals surface area contributed by atoms with Crippen LogP contribution in [0.2, 0.25) is 0 Å². The zero-order chi connectivity index (χ0) is 17.5. The van der Waals surface area contributed by atoms with E-state index in [1.165, 1.54) is 19.3 Å². The Balaban J connectivity index is 1.73. The molecule has 0 spiro atoms. The third-order valence-corrected chi connectivity index (χ3v) is 6.56. The highest BCUT2D eigenvalue weighted by atomic mass is 16.5. The van der Waals surface area contributed by atoms with Crippen LogP contribution in [-0.4, -0.2) is 25.2 Å². The number of carbonyl (C=O) groups excluding carboxylic acids is 2. The molecule has 0 aromatic heterocycles. The average molecular weight is 332 g/mol. The number of rotatable bonds is 6. The molecule has 24 heavy (non-hydrogen) atoms. The predicted molar refractivity (Wildman–Crippen MR) is 91.0 cm³/mol. The molecule has 3 fully saturated rings. The first-order valence-corrected chi connectivity index (χ1v) is 8.99. The quantitative estimate of drug-likeness (QED) is 0.550. The fourth-order valence-corrected chi connectivity index (χ4v) is 5.15. The summed E-state index contributed by atoms with van der Waals surface area (Å²) in [5, 5.41) is 0. The van der Waals surface area contributed by atoms with Gasteiger partial charge < -0.3 is 9.47 Å². The molecule has 0 amide bonds. The molecule has 3 saturated carbocycles. The van der Waals surface area contributed by atoms with Crippen LogP contribution in [0, 0.1) is 29.1 Å². The van der Waals surface area contributed by atoms with Gasteiger partial charge in [0.1, 0.15) is 0 Å². The minimum Gasteiger partial charge on any atom is -0.462 e. The molecule has 5 atom stereocenters. The maximum absolute atomic E-state index is 11.9. The first-order valence-electron chi connectivity index (χ1n) is 8.99. The van der Waals surface area contributed by atoms with Gasteiger partial charge in [0, 0.05) is 22.5 Å². The van der Waals surface area contributed by atoms with Crippen molar-refractivity contribution in [3.8, 4) is 0 Å². The van der Waals surface area contributed by atoms with Crippen LogP contribution in [0.15, 0.2) is 24.3 Å². The molecule has 132 valence electrons. The molecule has 0 N–H and O–H groups in total. The zero-order valence-electron chi connectivity index (χ0n) is 14.8. The second-order valence-electron chi connectivity index (χ2n) is 8.11. The number of esters is 2. The van der Waals surface area contributed by atoms with Gasteiger partial charge in [-0.2, -0.15) is 0 Å². The normalized spacial score (nSPS) is 36.2. The molecule has 0 aliphatic heterocycles. The van der Waals surface area contributed by atoms with Crippen LogP contribution >= 0.6 is 0 Å². The number of fused-ring (bicyclic) bond motifs is 4. The number of carbonyl (C=O) groups is 2. The first kappa shape index (κ1) is 17.2. The van der Waals surface area contributed by atoms with Gasteiger partial charge in [0.2, 0.25) is 0 Å². The van der Waals surface area contributed by atoms with E-state index in [-0.39, 0.29) is 23.3 Å². The van der Waals surface area contributed by atoms with Gasteiger partial charge >= 0.3 is 11.9 Å². The Bertz CT molecular complexity index is 578. The van der Waals surface area contributed by atoms with E-state index in [0.29, 0.717) is 30.3 Å². The summed E-state index contributed by atoms with van der Waals surface area (Å²) < 4.78 is 11.1. The second-order valence-corrected chi connectivity index (χ2v) is 8.11. The van der Waals surface area contributed by atoms with E-state index >= 15 is 0 Å². The molecule has 4 heteroatoms. The van der Waals surface area contributed by atoms with Gasteiger partial charge in [0.25, 0.3) is 0 Å². The third-order valence-electron chi connectivity index (χ3n) is 6.56. The molecule has 3 rings (SSSR count). The van der Waals surface area contributed by atoms with Gasteiger partial charge in [-0.15, -0.1) is 0 Å². The third kappa shape index (κ3) is 2.91. The highest BCUT2D eigenvalue weighted by Gasteiger charge is 2.60. The summed E-state index contributed by atoms with van der Waals surface area (Å²) >= 11 is 0. The SMILES string of the molecule is C=C(C)C(=O)OCC1C2CCC2C2CCC1(COC(=O)C(=C)C)C2. The van der Waals surface area contributed by atoms with Crippen LogP contribution in [-0.2, 0) is 19.1 Å². The van der Waals surface area contributed by atoms with Gasteiger partial charge in [-0.05, 0) is 63.7 Å². The number of hydrogen-bond donors (Lipinski definition) is 0. The fourth-order valence-electron chi connectivity index (χ4n) is 5.15. The molecule has 0 aromatic carbocycles. The van der Waals surface area contributed by atoms with E-state index in [9.17, 15) is 9.59 Å². The Hall–Kier alpha value is -1.58. The lowest BCUT2D eigenvalue weighted by atomic mass is 9.52. The highest BCUT2D eigenvalue weighted by molar-refractivity contribution is 5.87. The maximum Gasteiger partial charge on any atom is 0.333 e. The minimum atomic E-state index is -0.319. The van der Waals surface area contributed by atoms with Crippen molar-refractivity contribution in [1.82, 2.24) is 0 Å². The van der Waals surface area contributed by atoms with E-state index in [4.69, 9.17) is 9.47 Å². The standard InChI is InChI=1S/C20H28O4/c1-12(2)18(21)23-10-17-16-6-5-15(16)14-7-8-20(17,9-14)11-24-19(22)13(3)4/h14-17H,1,3,5-11H2,2,4H3. The summed E-state index contributed by atoms with van der Waals surface area (Å²) in [4.78, 5) is 23.7. The second kappa shape index (κ2) is 6.38. The molecule has 0 saturated heterocycles. The molecule has 2 bridgehead atoms. The van der Waals surface area contributed by atoms with Crippen molar-refractivity contribution in [3.63, 3.8) is 0 Å². The highest BCUT2D eigenvalue weighted by Crippen LogP contribution is 2.64. The summed E-state index contributed by atoms with van der Waals surface area (Å²) in [5.74, 6) is 1.77. The van der Waals surface area contributed by atoms with Crippen LogP contribution in [0.4, 0.5) is 0 Å². The summed E-state index contributed by atoms with van der Waals surface area (Å²) in [5.41, 5.74) is 0.832. The summed E-state index contributed by atoms with van der Waals surface area (Å²) in [6.07, 6.45) is 5.85. The lowest BCUT2D eigenvalue weighted by Crippen LogP contribution is -2.51. The van der Waals surface area contributed by atoms with E-state index in [0.717, 1.165) is 24.7 Å². The van der Waals surface area contributed by atoms with Crippen LogP contribution in [0.3, 0.4) is 0 Å². The molecule has 0 aromatic rings. The smallest absolute Gasteiger partial charge is 0.333 e. The van der Waals surface area contributed by atoms with Crippen LogP contribution < -0.4 is 0 Å². The zero-order valence-corrected chi connectivity index (χ0v) is 14.8. The van der Waals surface area contributed by atoms with Crippen LogP contribution in [0.1, 0.15) is 46.0 Å². The molecular formula is C20H28O4. The monoisotopic (exact) mass is 332 g/mol. The maximum atomic E-state index is 11.9. The van der Waals surface area contributed by atoms with Gasteiger partial charge in [-0.3, -0.25) is 0 Å². The Morgan fingerprint density at radius 2 is 1.62 bits per heavy atom. The minimum absolute atomic E-state index is 0.0350. The van der Waals surface area contributed by atoms with Crippen molar-refractivity contribution >= 4 is 11.9 Å². The lowest BCUT2D eigenvalue weighted by Gasteiger charge is -2.54. The van der Waals surface area contributed by atoms with E-state index in [1.807, 2.05) is 0 Å². The summed E-state index contributed by atoms with van der Waals surface area (Å²) in [6.45, 7) is 11.5. The number of hydrogen-bond acceptors (Lipinski definition) is 4. The van der Waals surface area contributed by atoms with Crippen molar-refractivity contribution in [3.05, 3.63) is 24.3 Å². The van der Waals surface area contributed by atoms with Crippen molar-refractivity contribution in [2.45, 2.75) is 46.0 Å². The summed E-state index contributed by atoms with van der Waals surface area (Å²) in [6, 6.07) is 0. The topological polar surface area (TPSA) is 52.6 Å². The van der Waals surface area contributed by atoms with Crippen LogP contribution in [0.25, 0.3) is 0 Å². The van der Waals surface area contributed by atoms with E-state index < -0.39 is 0 Å². The fraction of sp³-hybridized carbons (Fsp3) is 0.700. The van der Waals surface area contributed by atoms with Gasteiger partial charge in [-0.25, -0.2) is 9.59 Å². The molecular weight excluding hydrogens is 304 g/mol. The Kier molecular flexibility index (Phi) is 4.58. The molecule has 0 radical (unpaired) electrons. The molecule has 4 nitrogen and oxygen atoms in total. The molecule has 3 aliphatic rings. The molecule has 0 heterocycles. The van der Waals surface area contributed by atoms with Gasteiger partial charge in [-0.1, -0.05) is 13.2 Å². The Labute approximate surface area is 144 Å². The Morgan fingerprint density at radius 3 is 2.21 bits per heavy atom. The molecule has 3 aliphatic carbocycles. The van der Waals surface area contributed by atoms with Crippen molar-refractivity contribution in [2.75, 3.05) is 13.2 Å². The summed E-state index contributed by atoms with van der Waals surface area (Å²) in [7, 11) is 0. The van der Waals surface area contributed by atoms with E-state index in [2.05, 4.69) is 13.2 Å². The molecule has 5 unspecified atom stereocenters. The lowest BCUT2D eigenvalue weighted by molar-refractivity contribution is -0.159. The average Bonchev–Trinajstić information content (AvgIpc) is 2.88. The largest absolute Gasteiger partial charge is 0.462 e. The number of ether oxygens (including phenoxy) is 2. The van der Waals surface area contributed by atoms with Gasteiger partial charge in [0.05, 0.1) is 13.2 Å². The first-order chi connectivity index (χ1) is 11.3. The van der Waals surface area contributed by atoms with Crippen molar-refractivity contribution in [2.24, 2.45) is 29.1 Å². The predicted octanol–water partition coefficient (Wildman–Crippen LogP) is 3.67. The Morgan fingerprint density at radius 1 is 1.00 bits per heavy atom. The van der Waals surface area contributed by atoms with Gasteiger partial charge in [0.15, 0.2) is 0 Å².